The summed E-state index contributed by atoms with van der Waals surface area (Å²) in [7, 11) is -3.41. The van der Waals surface area contributed by atoms with Gasteiger partial charge in [-0.05, 0) is 50.6 Å². The minimum Gasteiger partial charge on any atom is -0.356 e. The van der Waals surface area contributed by atoms with Crippen molar-refractivity contribution in [1.29, 1.82) is 0 Å². The van der Waals surface area contributed by atoms with E-state index < -0.39 is 10.0 Å². The number of carbonyl (C=O) groups is 1. The van der Waals surface area contributed by atoms with E-state index in [1.54, 1.807) is 17.5 Å². The van der Waals surface area contributed by atoms with Crippen molar-refractivity contribution < 1.29 is 13.2 Å². The summed E-state index contributed by atoms with van der Waals surface area (Å²) in [5, 5.41) is 9.16. The Morgan fingerprint density at radius 2 is 2.07 bits per heavy atom. The van der Waals surface area contributed by atoms with Crippen molar-refractivity contribution in [2.24, 2.45) is 5.92 Å². The first-order valence-corrected chi connectivity index (χ1v) is 11.5. The Morgan fingerprint density at radius 1 is 1.33 bits per heavy atom. The van der Waals surface area contributed by atoms with Gasteiger partial charge in [-0.3, -0.25) is 9.48 Å². The van der Waals surface area contributed by atoms with Crippen molar-refractivity contribution >= 4 is 27.3 Å². The van der Waals surface area contributed by atoms with E-state index in [-0.39, 0.29) is 11.8 Å². The predicted octanol–water partition coefficient (Wildman–Crippen LogP) is 2.17. The molecule has 1 amide bonds. The van der Waals surface area contributed by atoms with Gasteiger partial charge in [-0.1, -0.05) is 6.07 Å². The summed E-state index contributed by atoms with van der Waals surface area (Å²) in [5.41, 5.74) is 2.12. The third kappa shape index (κ3) is 4.77. The second-order valence-corrected chi connectivity index (χ2v) is 10.0. The molecule has 148 valence electrons. The Morgan fingerprint density at radius 3 is 2.67 bits per heavy atom. The first kappa shape index (κ1) is 20.0. The van der Waals surface area contributed by atoms with Crippen LogP contribution in [0, 0.1) is 19.8 Å². The van der Waals surface area contributed by atoms with E-state index in [2.05, 4.69) is 10.4 Å². The van der Waals surface area contributed by atoms with Crippen LogP contribution in [0.2, 0.25) is 0 Å². The number of nitrogens with zero attached hydrogens (tertiary/aromatic N) is 3. The van der Waals surface area contributed by atoms with Gasteiger partial charge in [-0.2, -0.15) is 9.40 Å². The van der Waals surface area contributed by atoms with Crippen LogP contribution in [0.3, 0.4) is 0 Å². The van der Waals surface area contributed by atoms with Gasteiger partial charge in [0.1, 0.15) is 4.21 Å². The van der Waals surface area contributed by atoms with Crippen LogP contribution < -0.4 is 5.32 Å². The van der Waals surface area contributed by atoms with Crippen LogP contribution >= 0.6 is 11.3 Å². The molecule has 0 saturated carbocycles. The number of nitrogens with one attached hydrogen (secondary N) is 1. The molecule has 0 aromatic carbocycles. The zero-order valence-electron chi connectivity index (χ0n) is 15.7. The van der Waals surface area contributed by atoms with E-state index in [1.165, 1.54) is 15.6 Å². The third-order valence-electron chi connectivity index (χ3n) is 4.86. The van der Waals surface area contributed by atoms with E-state index in [1.807, 2.05) is 24.6 Å². The van der Waals surface area contributed by atoms with E-state index in [0.29, 0.717) is 36.7 Å². The molecule has 1 aliphatic heterocycles. The molecule has 0 radical (unpaired) electrons. The molecular weight excluding hydrogens is 384 g/mol. The van der Waals surface area contributed by atoms with Crippen LogP contribution in [0.1, 0.15) is 30.7 Å². The molecule has 0 atom stereocenters. The zero-order valence-corrected chi connectivity index (χ0v) is 17.4. The average Bonchev–Trinajstić information content (AvgIpc) is 3.29. The molecular formula is C18H26N4O3S2. The van der Waals surface area contributed by atoms with Gasteiger partial charge >= 0.3 is 0 Å². The number of carbonyl (C=O) groups excluding carboxylic acids is 1. The first-order chi connectivity index (χ1) is 12.9. The van der Waals surface area contributed by atoms with Gasteiger partial charge in [-0.25, -0.2) is 8.42 Å². The molecule has 0 unspecified atom stereocenters. The smallest absolute Gasteiger partial charge is 0.252 e. The minimum absolute atomic E-state index is 0.0246. The summed E-state index contributed by atoms with van der Waals surface area (Å²) < 4.78 is 28.9. The number of thiophene rings is 1. The number of piperidine rings is 1. The van der Waals surface area contributed by atoms with Crippen LogP contribution in [0.5, 0.6) is 0 Å². The number of sulfonamides is 1. The molecule has 1 saturated heterocycles. The summed E-state index contributed by atoms with van der Waals surface area (Å²) >= 11 is 1.23. The topological polar surface area (TPSA) is 84.3 Å². The molecule has 2 aromatic rings. The lowest BCUT2D eigenvalue weighted by Crippen LogP contribution is -2.43. The number of hydrogen-bond donors (Lipinski definition) is 1. The van der Waals surface area contributed by atoms with Crippen molar-refractivity contribution in [2.45, 2.75) is 43.9 Å². The number of hydrogen-bond acceptors (Lipinski definition) is 5. The number of aryl methyl sites for hydroxylation is 3. The molecule has 0 bridgehead atoms. The number of aromatic nitrogens is 2. The summed E-state index contributed by atoms with van der Waals surface area (Å²) in [6.45, 7) is 6.16. The maximum absolute atomic E-state index is 12.5. The minimum atomic E-state index is -3.41. The Labute approximate surface area is 164 Å². The Kier molecular flexibility index (Phi) is 6.33. The highest BCUT2D eigenvalue weighted by Crippen LogP contribution is 2.26. The van der Waals surface area contributed by atoms with Gasteiger partial charge in [0, 0.05) is 37.8 Å². The molecule has 9 heteroatoms. The highest BCUT2D eigenvalue weighted by molar-refractivity contribution is 7.91. The Hall–Kier alpha value is -1.71. The quantitative estimate of drug-likeness (QED) is 0.709. The second kappa shape index (κ2) is 8.53. The van der Waals surface area contributed by atoms with Crippen molar-refractivity contribution in [3.05, 3.63) is 35.0 Å². The molecule has 27 heavy (non-hydrogen) atoms. The summed E-state index contributed by atoms with van der Waals surface area (Å²) in [4.78, 5) is 12.4. The molecule has 1 aliphatic rings. The van der Waals surface area contributed by atoms with E-state index in [9.17, 15) is 13.2 Å². The van der Waals surface area contributed by atoms with Crippen LogP contribution in [0.4, 0.5) is 0 Å². The molecule has 3 rings (SSSR count). The average molecular weight is 411 g/mol. The summed E-state index contributed by atoms with van der Waals surface area (Å²) in [6.07, 6.45) is 1.95. The fraction of sp³-hybridized carbons (Fsp3) is 0.556. The van der Waals surface area contributed by atoms with Gasteiger partial charge in [0.05, 0.1) is 5.69 Å². The normalized spacial score (nSPS) is 16.5. The molecule has 3 heterocycles. The number of amides is 1. The summed E-state index contributed by atoms with van der Waals surface area (Å²) in [5.74, 6) is -0.0926. The maximum atomic E-state index is 12.5. The lowest BCUT2D eigenvalue weighted by Gasteiger charge is -2.30. The van der Waals surface area contributed by atoms with E-state index in [4.69, 9.17) is 0 Å². The molecule has 1 fully saturated rings. The Bertz CT molecular complexity index is 867. The van der Waals surface area contributed by atoms with Gasteiger partial charge in [0.2, 0.25) is 5.91 Å². The molecule has 0 spiro atoms. The van der Waals surface area contributed by atoms with Crippen molar-refractivity contribution in [1.82, 2.24) is 19.4 Å². The van der Waals surface area contributed by atoms with Crippen molar-refractivity contribution in [2.75, 3.05) is 19.6 Å². The van der Waals surface area contributed by atoms with Crippen LogP contribution in [0.15, 0.2) is 27.8 Å². The first-order valence-electron chi connectivity index (χ1n) is 9.20. The lowest BCUT2D eigenvalue weighted by atomic mass is 9.97. The standard InChI is InChI=1S/C18H26N4O3S2/c1-14-13-15(2)22(20-14)9-4-8-19-18(23)16-6-10-21(11-7-16)27(24,25)17-5-3-12-26-17/h3,5,12-13,16H,4,6-11H2,1-2H3,(H,19,23). The predicted molar refractivity (Wildman–Crippen MR) is 105 cm³/mol. The van der Waals surface area contributed by atoms with E-state index in [0.717, 1.165) is 24.4 Å². The highest BCUT2D eigenvalue weighted by atomic mass is 32.2. The Balaban J connectivity index is 1.41. The SMILES string of the molecule is Cc1cc(C)n(CCCNC(=O)C2CCN(S(=O)(=O)c3cccs3)CC2)n1. The second-order valence-electron chi connectivity index (χ2n) is 6.91. The van der Waals surface area contributed by atoms with E-state index >= 15 is 0 Å². The van der Waals surface area contributed by atoms with Crippen LogP contribution in [-0.2, 0) is 21.4 Å². The third-order valence-corrected chi connectivity index (χ3v) is 8.13. The van der Waals surface area contributed by atoms with Gasteiger partial charge < -0.3 is 5.32 Å². The summed E-state index contributed by atoms with van der Waals surface area (Å²) in [6, 6.07) is 5.40. The van der Waals surface area contributed by atoms with Gasteiger partial charge in [0.15, 0.2) is 0 Å². The zero-order chi connectivity index (χ0) is 19.4. The van der Waals surface area contributed by atoms with Gasteiger partial charge in [0.25, 0.3) is 10.0 Å². The largest absolute Gasteiger partial charge is 0.356 e. The van der Waals surface area contributed by atoms with Gasteiger partial charge in [-0.15, -0.1) is 11.3 Å². The van der Waals surface area contributed by atoms with Crippen LogP contribution in [-0.4, -0.2) is 48.0 Å². The molecule has 1 N–H and O–H groups in total. The molecule has 7 nitrogen and oxygen atoms in total. The molecule has 2 aromatic heterocycles. The fourth-order valence-corrected chi connectivity index (χ4v) is 6.00. The molecule has 0 aliphatic carbocycles. The van der Waals surface area contributed by atoms with Crippen molar-refractivity contribution in [3.63, 3.8) is 0 Å². The monoisotopic (exact) mass is 410 g/mol. The van der Waals surface area contributed by atoms with Crippen LogP contribution in [0.25, 0.3) is 0 Å². The fourth-order valence-electron chi connectivity index (χ4n) is 3.38. The highest BCUT2D eigenvalue weighted by Gasteiger charge is 2.32. The maximum Gasteiger partial charge on any atom is 0.252 e. The number of rotatable bonds is 7. The lowest BCUT2D eigenvalue weighted by molar-refractivity contribution is -0.126. The van der Waals surface area contributed by atoms with Crippen molar-refractivity contribution in [3.8, 4) is 0 Å².